The summed E-state index contributed by atoms with van der Waals surface area (Å²) in [6.07, 6.45) is -0.575. The van der Waals surface area contributed by atoms with Crippen molar-refractivity contribution in [2.24, 2.45) is 5.73 Å². The van der Waals surface area contributed by atoms with Crippen molar-refractivity contribution in [2.75, 3.05) is 21.3 Å². The van der Waals surface area contributed by atoms with Gasteiger partial charge in [-0.15, -0.1) is 0 Å². The molecule has 3 N–H and O–H groups in total. The van der Waals surface area contributed by atoms with Gasteiger partial charge in [-0.3, -0.25) is 4.79 Å². The lowest BCUT2D eigenvalue weighted by Crippen LogP contribution is -2.48. The molecule has 0 saturated carbocycles. The number of benzene rings is 2. The Morgan fingerprint density at radius 3 is 2.17 bits per heavy atom. The van der Waals surface area contributed by atoms with Crippen LogP contribution in [0.1, 0.15) is 50.5 Å². The zero-order valence-corrected chi connectivity index (χ0v) is 24.5. The lowest BCUT2D eigenvalue weighted by Gasteiger charge is -2.37. The predicted molar refractivity (Wildman–Crippen MR) is 147 cm³/mol. The molecule has 0 aliphatic heterocycles. The third-order valence-electron chi connectivity index (χ3n) is 7.40. The molecule has 200 valence electrons. The number of carbonyl (C=O) groups excluding carboxylic acids is 1. The van der Waals surface area contributed by atoms with Gasteiger partial charge in [0.1, 0.15) is 11.5 Å². The van der Waals surface area contributed by atoms with Crippen LogP contribution in [0.4, 0.5) is 0 Å². The van der Waals surface area contributed by atoms with Crippen molar-refractivity contribution in [2.45, 2.75) is 77.4 Å². The quantitative estimate of drug-likeness (QED) is 0.439. The van der Waals surface area contributed by atoms with Crippen LogP contribution in [0.15, 0.2) is 36.4 Å². The highest BCUT2D eigenvalue weighted by molar-refractivity contribution is 6.74. The van der Waals surface area contributed by atoms with Crippen molar-refractivity contribution in [3.05, 3.63) is 53.1 Å². The van der Waals surface area contributed by atoms with Gasteiger partial charge < -0.3 is 29.6 Å². The normalized spacial score (nSPS) is 14.6. The molecule has 0 bridgehead atoms. The second-order valence-corrected chi connectivity index (χ2v) is 15.7. The average Bonchev–Trinajstić information content (AvgIpc) is 2.82. The van der Waals surface area contributed by atoms with E-state index in [9.17, 15) is 9.90 Å². The molecule has 2 rings (SSSR count). The van der Waals surface area contributed by atoms with Crippen molar-refractivity contribution in [3.63, 3.8) is 0 Å². The number of ether oxygens (including phenoxy) is 2. The number of nitrogens with two attached hydrogens (primary N) is 1. The number of methoxy groups -OCH3 is 2. The monoisotopic (exact) mass is 516 g/mol. The van der Waals surface area contributed by atoms with Gasteiger partial charge in [0.05, 0.1) is 32.4 Å². The first-order valence-corrected chi connectivity index (χ1v) is 15.3. The van der Waals surface area contributed by atoms with Crippen LogP contribution < -0.4 is 19.6 Å². The van der Waals surface area contributed by atoms with Crippen LogP contribution >= 0.6 is 0 Å². The van der Waals surface area contributed by atoms with Gasteiger partial charge in [-0.2, -0.15) is 0 Å². The van der Waals surface area contributed by atoms with Gasteiger partial charge in [-0.05, 0) is 43.6 Å². The molecule has 0 aliphatic rings. The summed E-state index contributed by atoms with van der Waals surface area (Å²) in [5.41, 5.74) is 8.75. The van der Waals surface area contributed by atoms with Crippen molar-refractivity contribution >= 4 is 14.2 Å². The molecule has 8 heteroatoms. The van der Waals surface area contributed by atoms with E-state index < -0.39 is 26.5 Å². The zero-order valence-electron chi connectivity index (χ0n) is 23.5. The highest BCUT2D eigenvalue weighted by Gasteiger charge is 2.40. The van der Waals surface area contributed by atoms with Crippen LogP contribution in [0, 0.1) is 6.92 Å². The van der Waals surface area contributed by atoms with E-state index in [1.54, 1.807) is 21.3 Å². The first kappa shape index (κ1) is 29.7. The summed E-state index contributed by atoms with van der Waals surface area (Å²) in [6, 6.07) is 9.90. The fourth-order valence-corrected chi connectivity index (χ4v) is 4.95. The lowest BCUT2D eigenvalue weighted by molar-refractivity contribution is -0.135. The van der Waals surface area contributed by atoms with Crippen LogP contribution in [0.5, 0.6) is 17.2 Å². The van der Waals surface area contributed by atoms with Crippen LogP contribution in [0.2, 0.25) is 18.1 Å². The Morgan fingerprint density at radius 2 is 1.67 bits per heavy atom. The minimum atomic E-state index is -2.16. The largest absolute Gasteiger partial charge is 0.541 e. The smallest absolute Gasteiger partial charge is 0.250 e. The summed E-state index contributed by atoms with van der Waals surface area (Å²) in [4.78, 5) is 14.8. The summed E-state index contributed by atoms with van der Waals surface area (Å²) in [7, 11) is 2.72. The maximum atomic E-state index is 13.3. The predicted octanol–water partition coefficient (Wildman–Crippen LogP) is 4.85. The van der Waals surface area contributed by atoms with E-state index in [-0.39, 0.29) is 17.4 Å². The summed E-state index contributed by atoms with van der Waals surface area (Å²) >= 11 is 0. The van der Waals surface area contributed by atoms with Gasteiger partial charge in [0.2, 0.25) is 5.91 Å². The van der Waals surface area contributed by atoms with Crippen molar-refractivity contribution in [1.29, 1.82) is 0 Å². The molecule has 0 aliphatic carbocycles. The molecule has 3 unspecified atom stereocenters. The molecular formula is C28H44N2O5Si. The molecule has 0 heterocycles. The number of nitrogens with zero attached hydrogens (tertiary/aromatic N) is 1. The second-order valence-electron chi connectivity index (χ2n) is 10.9. The van der Waals surface area contributed by atoms with E-state index in [0.29, 0.717) is 17.2 Å². The van der Waals surface area contributed by atoms with Gasteiger partial charge in [-0.25, -0.2) is 0 Å². The number of aliphatic hydroxyl groups excluding tert-OH is 1. The van der Waals surface area contributed by atoms with E-state index in [1.165, 1.54) is 4.90 Å². The Balaban J connectivity index is 2.34. The summed E-state index contributed by atoms with van der Waals surface area (Å²) < 4.78 is 18.0. The molecule has 1 amide bonds. The molecule has 7 nitrogen and oxygen atoms in total. The van der Waals surface area contributed by atoms with Crippen LogP contribution in [0.3, 0.4) is 0 Å². The van der Waals surface area contributed by atoms with Crippen LogP contribution in [-0.2, 0) is 11.2 Å². The fourth-order valence-electron chi connectivity index (χ4n) is 3.94. The number of aliphatic hydroxyl groups is 1. The molecule has 0 radical (unpaired) electrons. The summed E-state index contributed by atoms with van der Waals surface area (Å²) in [6.45, 7) is 14.6. The van der Waals surface area contributed by atoms with Gasteiger partial charge in [0.25, 0.3) is 8.32 Å². The minimum Gasteiger partial charge on any atom is -0.541 e. The number of hydrogen-bond acceptors (Lipinski definition) is 6. The zero-order chi connectivity index (χ0) is 27.4. The fraction of sp³-hybridized carbons (Fsp3) is 0.536. The summed E-state index contributed by atoms with van der Waals surface area (Å²) in [5.74, 6) is 1.62. The van der Waals surface area contributed by atoms with E-state index in [0.717, 1.165) is 16.7 Å². The minimum absolute atomic E-state index is 0.00316. The molecular weight excluding hydrogens is 472 g/mol. The molecule has 2 aromatic rings. The Kier molecular flexibility index (Phi) is 9.62. The molecule has 36 heavy (non-hydrogen) atoms. The van der Waals surface area contributed by atoms with E-state index in [2.05, 4.69) is 33.9 Å². The number of rotatable bonds is 10. The third kappa shape index (κ3) is 6.41. The van der Waals surface area contributed by atoms with Gasteiger partial charge in [0, 0.05) is 24.6 Å². The van der Waals surface area contributed by atoms with Crippen molar-refractivity contribution < 1.29 is 23.8 Å². The maximum Gasteiger partial charge on any atom is 0.250 e. The standard InChI is InChI=1S/C28H44N2O5Si/c1-18-25(33-7)21(17-23(26(18)34-8)35-36(9,10)28(3,4)5)16-22(29)27(32)30(6)19(2)24(31)20-14-12-11-13-15-20/h11-15,17,19,22,24,31H,16,29H2,1-10H3. The van der Waals surface area contributed by atoms with Gasteiger partial charge >= 0.3 is 0 Å². The Labute approximate surface area is 217 Å². The topological polar surface area (TPSA) is 94.3 Å². The third-order valence-corrected chi connectivity index (χ3v) is 11.7. The second kappa shape index (κ2) is 11.7. The van der Waals surface area contributed by atoms with Gasteiger partial charge in [-0.1, -0.05) is 51.1 Å². The molecule has 0 saturated heterocycles. The van der Waals surface area contributed by atoms with E-state index >= 15 is 0 Å². The SMILES string of the molecule is COc1c(CC(N)C(=O)N(C)C(C)C(O)c2ccccc2)cc(O[Si](C)(C)C(C)(C)C)c(OC)c1C. The Morgan fingerprint density at radius 1 is 1.11 bits per heavy atom. The number of carbonyl (C=O) groups is 1. The highest BCUT2D eigenvalue weighted by atomic mass is 28.4. The molecule has 2 aromatic carbocycles. The van der Waals surface area contributed by atoms with Crippen molar-refractivity contribution in [3.8, 4) is 17.2 Å². The molecule has 0 spiro atoms. The highest BCUT2D eigenvalue weighted by Crippen LogP contribution is 2.44. The lowest BCUT2D eigenvalue weighted by atomic mass is 9.98. The molecule has 0 aromatic heterocycles. The molecule has 3 atom stereocenters. The maximum absolute atomic E-state index is 13.3. The Bertz CT molecular complexity index is 1040. The van der Waals surface area contributed by atoms with Crippen molar-refractivity contribution in [1.82, 2.24) is 4.90 Å². The van der Waals surface area contributed by atoms with Gasteiger partial charge in [0.15, 0.2) is 5.75 Å². The molecule has 0 fully saturated rings. The number of amides is 1. The first-order valence-electron chi connectivity index (χ1n) is 12.3. The van der Waals surface area contributed by atoms with E-state index in [4.69, 9.17) is 19.6 Å². The van der Waals surface area contributed by atoms with Crippen LogP contribution in [0.25, 0.3) is 0 Å². The average molecular weight is 517 g/mol. The van der Waals surface area contributed by atoms with Crippen LogP contribution in [-0.4, -0.2) is 57.6 Å². The number of likely N-dealkylation sites (N-methyl/N-ethyl adjacent to an activating group) is 1. The number of hydrogen-bond donors (Lipinski definition) is 2. The summed E-state index contributed by atoms with van der Waals surface area (Å²) in [5, 5.41) is 10.8. The Hall–Kier alpha value is -2.55. The first-order chi connectivity index (χ1) is 16.7. The van der Waals surface area contributed by atoms with E-state index in [1.807, 2.05) is 50.2 Å².